The highest BCUT2D eigenvalue weighted by molar-refractivity contribution is 5.22. The molecule has 0 amide bonds. The first kappa shape index (κ1) is 14.6. The maximum absolute atomic E-state index is 11.0. The maximum atomic E-state index is 11.0. The molecule has 24 heavy (non-hydrogen) atoms. The van der Waals surface area contributed by atoms with Gasteiger partial charge in [-0.2, -0.15) is 0 Å². The molecule has 8 rings (SSSR count). The quantitative estimate of drug-likeness (QED) is 0.493. The fourth-order valence-electron chi connectivity index (χ4n) is 9.38. The summed E-state index contributed by atoms with van der Waals surface area (Å²) in [7, 11) is 0. The molecule has 0 aromatic carbocycles. The van der Waals surface area contributed by atoms with E-state index in [1.807, 2.05) is 0 Å². The normalized spacial score (nSPS) is 57.6. The second-order valence-corrected chi connectivity index (χ2v) is 11.3. The first-order valence-corrected chi connectivity index (χ1v) is 10.8. The van der Waals surface area contributed by atoms with Gasteiger partial charge in [-0.1, -0.05) is 0 Å². The van der Waals surface area contributed by atoms with E-state index in [-0.39, 0.29) is 0 Å². The molecule has 0 radical (unpaired) electrons. The van der Waals surface area contributed by atoms with Crippen LogP contribution < -0.4 is 0 Å². The van der Waals surface area contributed by atoms with Gasteiger partial charge in [-0.05, 0) is 113 Å². The van der Waals surface area contributed by atoms with Crippen LogP contribution in [0.4, 0.5) is 0 Å². The van der Waals surface area contributed by atoms with Crippen molar-refractivity contribution in [3.63, 3.8) is 0 Å². The SMILES string of the molecule is OC(=CC12CC3CC(CC(C3)C1)C2)[CH+]C12CC3CC(CC(C3)C1)C2. The summed E-state index contributed by atoms with van der Waals surface area (Å²) in [5.41, 5.74) is 0.745. The van der Waals surface area contributed by atoms with E-state index in [1.165, 1.54) is 77.0 Å². The summed E-state index contributed by atoms with van der Waals surface area (Å²) in [5, 5.41) is 11.0. The molecule has 0 saturated heterocycles. The van der Waals surface area contributed by atoms with Crippen LogP contribution in [0.1, 0.15) is 77.0 Å². The van der Waals surface area contributed by atoms with Crippen molar-refractivity contribution in [1.82, 2.24) is 0 Å². The van der Waals surface area contributed by atoms with Crippen molar-refractivity contribution in [1.29, 1.82) is 0 Å². The fraction of sp³-hybridized carbons (Fsp3) is 0.870. The highest BCUT2D eigenvalue weighted by Gasteiger charge is 2.56. The highest BCUT2D eigenvalue weighted by atomic mass is 16.3. The van der Waals surface area contributed by atoms with Crippen molar-refractivity contribution in [2.75, 3.05) is 0 Å². The van der Waals surface area contributed by atoms with Crippen LogP contribution in [0.3, 0.4) is 0 Å². The van der Waals surface area contributed by atoms with E-state index in [1.54, 1.807) is 0 Å². The predicted octanol–water partition coefficient (Wildman–Crippen LogP) is 6.07. The Morgan fingerprint density at radius 2 is 1.04 bits per heavy atom. The number of hydrogen-bond acceptors (Lipinski definition) is 1. The van der Waals surface area contributed by atoms with Gasteiger partial charge >= 0.3 is 0 Å². The lowest BCUT2D eigenvalue weighted by molar-refractivity contribution is -0.0362. The summed E-state index contributed by atoms with van der Waals surface area (Å²) in [6.07, 6.45) is 21.9. The summed E-state index contributed by atoms with van der Waals surface area (Å²) >= 11 is 0. The number of rotatable bonds is 3. The van der Waals surface area contributed by atoms with Crippen LogP contribution in [-0.4, -0.2) is 5.11 Å². The molecule has 0 heterocycles. The third-order valence-electron chi connectivity index (χ3n) is 9.08. The molecule has 0 aromatic heterocycles. The molecule has 0 spiro atoms. The van der Waals surface area contributed by atoms with Gasteiger partial charge in [0.2, 0.25) is 0 Å². The first-order valence-electron chi connectivity index (χ1n) is 10.8. The van der Waals surface area contributed by atoms with E-state index in [4.69, 9.17) is 0 Å². The molecule has 8 fully saturated rings. The van der Waals surface area contributed by atoms with Crippen molar-refractivity contribution in [2.24, 2.45) is 46.3 Å². The average Bonchev–Trinajstić information content (AvgIpc) is 2.42. The lowest BCUT2D eigenvalue weighted by atomic mass is 9.48. The van der Waals surface area contributed by atoms with Gasteiger partial charge in [-0.15, -0.1) is 0 Å². The van der Waals surface area contributed by atoms with Crippen LogP contribution in [0.2, 0.25) is 0 Å². The molecule has 8 saturated carbocycles. The Kier molecular flexibility index (Phi) is 2.89. The number of aliphatic hydroxyl groups excluding tert-OH is 1. The summed E-state index contributed by atoms with van der Waals surface area (Å²) < 4.78 is 0. The topological polar surface area (TPSA) is 20.2 Å². The molecule has 0 unspecified atom stereocenters. The minimum absolute atomic E-state index is 0.373. The smallest absolute Gasteiger partial charge is 0.274 e. The molecular weight excluding hydrogens is 292 g/mol. The van der Waals surface area contributed by atoms with Crippen LogP contribution in [-0.2, 0) is 0 Å². The van der Waals surface area contributed by atoms with Crippen molar-refractivity contribution >= 4 is 0 Å². The Bertz CT molecular complexity index is 500. The second-order valence-electron chi connectivity index (χ2n) is 11.3. The molecular formula is C23H33O+. The molecule has 8 aliphatic carbocycles. The largest absolute Gasteiger partial charge is 0.478 e. The van der Waals surface area contributed by atoms with E-state index in [0.29, 0.717) is 16.6 Å². The molecule has 8 bridgehead atoms. The summed E-state index contributed by atoms with van der Waals surface area (Å²) in [4.78, 5) is 0. The molecule has 0 aliphatic heterocycles. The third kappa shape index (κ3) is 2.22. The van der Waals surface area contributed by atoms with Gasteiger partial charge in [0.1, 0.15) is 0 Å². The van der Waals surface area contributed by atoms with E-state index < -0.39 is 0 Å². The Morgan fingerprint density at radius 1 is 0.667 bits per heavy atom. The van der Waals surface area contributed by atoms with E-state index in [0.717, 1.165) is 35.5 Å². The minimum atomic E-state index is 0.373. The monoisotopic (exact) mass is 325 g/mol. The Labute approximate surface area is 147 Å². The zero-order valence-corrected chi connectivity index (χ0v) is 15.1. The first-order chi connectivity index (χ1) is 11.6. The lowest BCUT2D eigenvalue weighted by Gasteiger charge is -2.55. The Balaban J connectivity index is 1.24. The van der Waals surface area contributed by atoms with Crippen LogP contribution in [0, 0.1) is 52.8 Å². The lowest BCUT2D eigenvalue weighted by Crippen LogP contribution is -2.47. The molecule has 130 valence electrons. The van der Waals surface area contributed by atoms with Crippen LogP contribution >= 0.6 is 0 Å². The summed E-state index contributed by atoms with van der Waals surface area (Å²) in [6, 6.07) is 0. The zero-order chi connectivity index (χ0) is 15.9. The number of allylic oxidation sites excluding steroid dienone is 2. The van der Waals surface area contributed by atoms with Gasteiger partial charge in [0.15, 0.2) is 0 Å². The van der Waals surface area contributed by atoms with Crippen LogP contribution in [0.15, 0.2) is 11.8 Å². The van der Waals surface area contributed by atoms with Crippen molar-refractivity contribution in [3.05, 3.63) is 18.3 Å². The van der Waals surface area contributed by atoms with Gasteiger partial charge in [-0.3, -0.25) is 0 Å². The van der Waals surface area contributed by atoms with Gasteiger partial charge in [0.25, 0.3) is 5.76 Å². The molecule has 0 atom stereocenters. The van der Waals surface area contributed by atoms with Gasteiger partial charge in [0.05, 0.1) is 23.3 Å². The molecule has 1 nitrogen and oxygen atoms in total. The molecule has 1 N–H and O–H groups in total. The predicted molar refractivity (Wildman–Crippen MR) is 96.2 cm³/mol. The van der Waals surface area contributed by atoms with Gasteiger partial charge in [-0.25, -0.2) is 0 Å². The Hall–Kier alpha value is -0.590. The summed E-state index contributed by atoms with van der Waals surface area (Å²) in [6.45, 7) is 0. The fourth-order valence-corrected chi connectivity index (χ4v) is 9.38. The minimum Gasteiger partial charge on any atom is -0.478 e. The number of hydrogen-bond donors (Lipinski definition) is 1. The van der Waals surface area contributed by atoms with Gasteiger partial charge < -0.3 is 5.11 Å². The van der Waals surface area contributed by atoms with Gasteiger partial charge in [0, 0.05) is 0 Å². The molecule has 0 aromatic rings. The van der Waals surface area contributed by atoms with Crippen LogP contribution in [0.5, 0.6) is 0 Å². The average molecular weight is 326 g/mol. The summed E-state index contributed by atoms with van der Waals surface area (Å²) in [5.74, 6) is 6.51. The molecule has 8 aliphatic rings. The van der Waals surface area contributed by atoms with E-state index in [9.17, 15) is 5.11 Å². The third-order valence-corrected chi connectivity index (χ3v) is 9.08. The van der Waals surface area contributed by atoms with Crippen molar-refractivity contribution in [2.45, 2.75) is 77.0 Å². The zero-order valence-electron chi connectivity index (χ0n) is 15.1. The van der Waals surface area contributed by atoms with E-state index >= 15 is 0 Å². The van der Waals surface area contributed by atoms with Crippen molar-refractivity contribution in [3.8, 4) is 0 Å². The standard InChI is InChI=1S/C23H32O/c24-21(13-22-7-15-1-16(8-22)3-17(2-15)9-22)14-23-10-18-4-19(11-23)6-20(5-18)12-23/h13-20H,1-12H2/p+1. The van der Waals surface area contributed by atoms with Crippen molar-refractivity contribution < 1.29 is 5.11 Å². The van der Waals surface area contributed by atoms with Crippen LogP contribution in [0.25, 0.3) is 0 Å². The van der Waals surface area contributed by atoms with E-state index in [2.05, 4.69) is 12.5 Å². The second kappa shape index (κ2) is 4.77. The highest BCUT2D eigenvalue weighted by Crippen LogP contribution is 2.63. The molecule has 1 heteroatoms. The Morgan fingerprint density at radius 3 is 1.46 bits per heavy atom. The maximum Gasteiger partial charge on any atom is 0.274 e. The number of aliphatic hydroxyl groups is 1.